The van der Waals surface area contributed by atoms with Crippen molar-refractivity contribution >= 4 is 22.4 Å². The molecule has 6 nitrogen and oxygen atoms in total. The minimum Gasteiger partial charge on any atom is -0.351 e. The van der Waals surface area contributed by atoms with Crippen LogP contribution in [0.2, 0.25) is 0 Å². The van der Waals surface area contributed by atoms with Gasteiger partial charge in [-0.3, -0.25) is 19.1 Å². The van der Waals surface area contributed by atoms with Crippen LogP contribution in [0.15, 0.2) is 53.4 Å². The Bertz CT molecular complexity index is 752. The third kappa shape index (κ3) is 4.43. The lowest BCUT2D eigenvalue weighted by Crippen LogP contribution is -2.28. The molecule has 0 heterocycles. The molecule has 0 saturated carbocycles. The number of amides is 1. The van der Waals surface area contributed by atoms with E-state index in [0.29, 0.717) is 4.90 Å². The topological polar surface area (TPSA) is 89.3 Å². The molecule has 1 N–H and O–H groups in total. The van der Waals surface area contributed by atoms with E-state index in [1.807, 2.05) is 0 Å². The van der Waals surface area contributed by atoms with Crippen molar-refractivity contribution in [3.05, 3.63) is 70.0 Å². The number of hydrogen-bond donors (Lipinski definition) is 1. The molecule has 0 fully saturated rings. The lowest BCUT2D eigenvalue weighted by Gasteiger charge is -2.06. The number of nitro benzene ring substituents is 1. The number of benzene rings is 2. The number of carbonyl (C=O) groups excluding carboxylic acids is 1. The summed E-state index contributed by atoms with van der Waals surface area (Å²) in [6, 6.07) is 11.4. The summed E-state index contributed by atoms with van der Waals surface area (Å²) < 4.78 is 25.2. The van der Waals surface area contributed by atoms with Gasteiger partial charge in [0.15, 0.2) is 0 Å². The number of rotatable bonds is 6. The molecule has 23 heavy (non-hydrogen) atoms. The second kappa shape index (κ2) is 7.59. The molecule has 2 aromatic rings. The van der Waals surface area contributed by atoms with Gasteiger partial charge in [-0.05, 0) is 24.3 Å². The number of halogens is 1. The van der Waals surface area contributed by atoms with E-state index in [4.69, 9.17) is 0 Å². The van der Waals surface area contributed by atoms with Crippen LogP contribution in [0, 0.1) is 15.9 Å². The lowest BCUT2D eigenvalue weighted by molar-refractivity contribution is -0.385. The number of carbonyl (C=O) groups is 1. The van der Waals surface area contributed by atoms with Gasteiger partial charge in [-0.1, -0.05) is 18.2 Å². The first kappa shape index (κ1) is 16.8. The van der Waals surface area contributed by atoms with E-state index in [0.717, 1.165) is 18.2 Å². The van der Waals surface area contributed by atoms with Crippen molar-refractivity contribution in [2.45, 2.75) is 4.90 Å². The summed E-state index contributed by atoms with van der Waals surface area (Å²) in [4.78, 5) is 22.7. The van der Waals surface area contributed by atoms with Crippen molar-refractivity contribution in [3.63, 3.8) is 0 Å². The van der Waals surface area contributed by atoms with E-state index in [-0.39, 0.29) is 17.9 Å². The minimum absolute atomic E-state index is 0.0496. The highest BCUT2D eigenvalue weighted by atomic mass is 32.2. The van der Waals surface area contributed by atoms with Gasteiger partial charge in [-0.25, -0.2) is 4.39 Å². The second-order valence-corrected chi connectivity index (χ2v) is 6.11. The van der Waals surface area contributed by atoms with Gasteiger partial charge in [0.1, 0.15) is 11.4 Å². The maximum atomic E-state index is 13.2. The molecule has 0 bridgehead atoms. The van der Waals surface area contributed by atoms with Gasteiger partial charge >= 0.3 is 0 Å². The van der Waals surface area contributed by atoms with Crippen molar-refractivity contribution in [3.8, 4) is 0 Å². The number of hydrogen-bond acceptors (Lipinski definition) is 4. The molecule has 2 rings (SSSR count). The summed E-state index contributed by atoms with van der Waals surface area (Å²) in [5.41, 5.74) is -0.839. The Hall–Kier alpha value is -2.61. The van der Waals surface area contributed by atoms with Crippen LogP contribution in [-0.2, 0) is 10.8 Å². The Balaban J connectivity index is 1.99. The summed E-state index contributed by atoms with van der Waals surface area (Å²) in [5.74, 6) is -1.37. The van der Waals surface area contributed by atoms with Gasteiger partial charge in [0.2, 0.25) is 0 Å². The van der Waals surface area contributed by atoms with Crippen molar-refractivity contribution in [2.24, 2.45) is 0 Å². The average molecular weight is 336 g/mol. The van der Waals surface area contributed by atoms with Crippen molar-refractivity contribution < 1.29 is 18.3 Å². The molecule has 0 aliphatic carbocycles. The zero-order valence-electron chi connectivity index (χ0n) is 11.9. The van der Waals surface area contributed by atoms with E-state index in [9.17, 15) is 23.5 Å². The van der Waals surface area contributed by atoms with Crippen molar-refractivity contribution in [1.29, 1.82) is 0 Å². The first-order valence-corrected chi connectivity index (χ1v) is 7.96. The molecule has 1 amide bonds. The van der Waals surface area contributed by atoms with Crippen LogP contribution in [0.25, 0.3) is 0 Å². The largest absolute Gasteiger partial charge is 0.351 e. The summed E-state index contributed by atoms with van der Waals surface area (Å²) in [6.07, 6.45) is 0. The second-order valence-electron chi connectivity index (χ2n) is 4.54. The van der Waals surface area contributed by atoms with Crippen molar-refractivity contribution in [2.75, 3.05) is 12.3 Å². The predicted molar refractivity (Wildman–Crippen MR) is 83.1 cm³/mol. The van der Waals surface area contributed by atoms with Gasteiger partial charge in [0.05, 0.1) is 15.7 Å². The van der Waals surface area contributed by atoms with E-state index in [2.05, 4.69) is 5.32 Å². The monoisotopic (exact) mass is 336 g/mol. The highest BCUT2D eigenvalue weighted by Crippen LogP contribution is 2.19. The van der Waals surface area contributed by atoms with Crippen LogP contribution >= 0.6 is 0 Å². The fourth-order valence-electron chi connectivity index (χ4n) is 1.89. The fourth-order valence-corrected chi connectivity index (χ4v) is 2.88. The first-order chi connectivity index (χ1) is 11.0. The first-order valence-electron chi connectivity index (χ1n) is 6.64. The van der Waals surface area contributed by atoms with Gasteiger partial charge in [0, 0.05) is 23.3 Å². The highest BCUT2D eigenvalue weighted by molar-refractivity contribution is 7.85. The zero-order valence-corrected chi connectivity index (χ0v) is 12.7. The highest BCUT2D eigenvalue weighted by Gasteiger charge is 2.20. The third-order valence-electron chi connectivity index (χ3n) is 2.98. The molecular formula is C15H13FN2O4S. The Morgan fingerprint density at radius 3 is 2.57 bits per heavy atom. The summed E-state index contributed by atoms with van der Waals surface area (Å²) in [7, 11) is -1.30. The van der Waals surface area contributed by atoms with Crippen LogP contribution in [0.4, 0.5) is 10.1 Å². The van der Waals surface area contributed by atoms with E-state index >= 15 is 0 Å². The van der Waals surface area contributed by atoms with E-state index in [1.54, 1.807) is 30.3 Å². The van der Waals surface area contributed by atoms with Crippen molar-refractivity contribution in [1.82, 2.24) is 5.32 Å². The van der Waals surface area contributed by atoms with Gasteiger partial charge in [0.25, 0.3) is 11.6 Å². The Kier molecular flexibility index (Phi) is 5.53. The zero-order chi connectivity index (χ0) is 16.8. The quantitative estimate of drug-likeness (QED) is 0.647. The van der Waals surface area contributed by atoms with Gasteiger partial charge in [-0.15, -0.1) is 0 Å². The SMILES string of the molecule is O=C(NCCS(=O)c1ccccc1)c1cc(F)ccc1[N+](=O)[O-]. The number of nitrogens with one attached hydrogen (secondary N) is 1. The molecule has 2 aromatic carbocycles. The van der Waals surface area contributed by atoms with E-state index < -0.39 is 33.1 Å². The molecular weight excluding hydrogens is 323 g/mol. The normalized spacial score (nSPS) is 11.7. The molecule has 0 aliphatic heterocycles. The Labute approximate surface area is 133 Å². The third-order valence-corrected chi connectivity index (χ3v) is 4.35. The molecule has 0 aliphatic rings. The fraction of sp³-hybridized carbons (Fsp3) is 0.133. The smallest absolute Gasteiger partial charge is 0.282 e. The minimum atomic E-state index is -1.30. The van der Waals surface area contributed by atoms with E-state index in [1.165, 1.54) is 0 Å². The summed E-state index contributed by atoms with van der Waals surface area (Å²) in [5, 5.41) is 13.3. The lowest BCUT2D eigenvalue weighted by atomic mass is 10.1. The summed E-state index contributed by atoms with van der Waals surface area (Å²) in [6.45, 7) is 0.0496. The molecule has 1 atom stereocenters. The number of nitrogens with zero attached hydrogens (tertiary/aromatic N) is 1. The maximum Gasteiger partial charge on any atom is 0.282 e. The van der Waals surface area contributed by atoms with Gasteiger partial charge in [-0.2, -0.15) is 0 Å². The standard InChI is InChI=1S/C15H13FN2O4S/c16-11-6-7-14(18(20)21)13(10-11)15(19)17-8-9-23(22)12-4-2-1-3-5-12/h1-7,10H,8-9H2,(H,17,19). The van der Waals surface area contributed by atoms with Gasteiger partial charge < -0.3 is 5.32 Å². The van der Waals surface area contributed by atoms with Crippen LogP contribution in [0.3, 0.4) is 0 Å². The van der Waals surface area contributed by atoms with Crippen LogP contribution < -0.4 is 5.32 Å². The van der Waals surface area contributed by atoms with Crippen LogP contribution in [0.5, 0.6) is 0 Å². The molecule has 0 radical (unpaired) electrons. The van der Waals surface area contributed by atoms with Crippen LogP contribution in [-0.4, -0.2) is 27.3 Å². The molecule has 1 unspecified atom stereocenters. The number of nitro groups is 1. The molecule has 8 heteroatoms. The van der Waals surface area contributed by atoms with Crippen LogP contribution in [0.1, 0.15) is 10.4 Å². The molecule has 0 spiro atoms. The molecule has 0 aromatic heterocycles. The predicted octanol–water partition coefficient (Wildman–Crippen LogP) is 2.27. The molecule has 120 valence electrons. The summed E-state index contributed by atoms with van der Waals surface area (Å²) >= 11 is 0. The average Bonchev–Trinajstić information content (AvgIpc) is 2.55. The maximum absolute atomic E-state index is 13.2. The Morgan fingerprint density at radius 2 is 1.91 bits per heavy atom. The molecule has 0 saturated heterocycles. The Morgan fingerprint density at radius 1 is 1.22 bits per heavy atom.